The highest BCUT2D eigenvalue weighted by Gasteiger charge is 2.54. The standard InChI is InChI=1S/C29H28ClN5O3/c1-4-23(36)34-13-29(14-34)9-19(10-29)35-16(3)24(25-21(11-31)22(32)7-15(2)26(25)30)27(33-35)17-5-6-18-12-38-28(37)20(18)8-17/h4-8,11,19,31H,1,9-10,12-14,32H2,2-3H3. The third kappa shape index (κ3) is 3.50. The average Bonchev–Trinajstić information content (AvgIpc) is 3.38. The molecule has 3 N–H and O–H groups in total. The molecule has 0 unspecified atom stereocenters. The largest absolute Gasteiger partial charge is 0.457 e. The first kappa shape index (κ1) is 24.4. The first-order chi connectivity index (χ1) is 18.2. The lowest BCUT2D eigenvalue weighted by Gasteiger charge is -2.58. The van der Waals surface area contributed by atoms with Crippen LogP contribution in [0.1, 0.15) is 51.6 Å². The van der Waals surface area contributed by atoms with Gasteiger partial charge in [0.1, 0.15) is 12.3 Å². The molecule has 1 spiro atoms. The number of nitrogens with zero attached hydrogens (tertiary/aromatic N) is 3. The second kappa shape index (κ2) is 8.56. The number of cyclic esters (lactones) is 1. The van der Waals surface area contributed by atoms with Crippen LogP contribution in [0.4, 0.5) is 5.69 Å². The van der Waals surface area contributed by atoms with E-state index < -0.39 is 0 Å². The number of benzene rings is 2. The van der Waals surface area contributed by atoms with Crippen LogP contribution >= 0.6 is 11.6 Å². The number of nitrogens with two attached hydrogens (primary N) is 1. The van der Waals surface area contributed by atoms with Crippen LogP contribution < -0.4 is 5.73 Å². The minimum atomic E-state index is -0.345. The maximum absolute atomic E-state index is 12.3. The summed E-state index contributed by atoms with van der Waals surface area (Å²) in [5.41, 5.74) is 13.5. The molecule has 6 rings (SSSR count). The number of likely N-dealkylation sites (tertiary alicyclic amines) is 1. The highest BCUT2D eigenvalue weighted by molar-refractivity contribution is 6.35. The fourth-order valence-electron chi connectivity index (χ4n) is 6.29. The summed E-state index contributed by atoms with van der Waals surface area (Å²) in [5, 5.41) is 13.7. The molecule has 0 radical (unpaired) electrons. The Morgan fingerprint density at radius 3 is 2.68 bits per heavy atom. The molecule has 1 saturated heterocycles. The number of nitrogens with one attached hydrogen (secondary N) is 1. The van der Waals surface area contributed by atoms with E-state index >= 15 is 0 Å². The fraction of sp³-hybridized carbons (Fsp3) is 0.310. The van der Waals surface area contributed by atoms with E-state index in [2.05, 4.69) is 6.58 Å². The number of hydrogen-bond donors (Lipinski definition) is 2. The normalized spacial score (nSPS) is 17.6. The van der Waals surface area contributed by atoms with E-state index in [9.17, 15) is 9.59 Å². The number of nitrogen functional groups attached to an aromatic ring is 1. The van der Waals surface area contributed by atoms with Gasteiger partial charge in [0, 0.05) is 63.9 Å². The zero-order valence-electron chi connectivity index (χ0n) is 21.3. The molecule has 9 heteroatoms. The summed E-state index contributed by atoms with van der Waals surface area (Å²) in [6, 6.07) is 7.60. The number of fused-ring (bicyclic) bond motifs is 1. The molecule has 0 bridgehead atoms. The van der Waals surface area contributed by atoms with E-state index in [0.717, 1.165) is 53.9 Å². The van der Waals surface area contributed by atoms with Crippen LogP contribution in [-0.4, -0.2) is 45.9 Å². The molecule has 2 fully saturated rings. The Hall–Kier alpha value is -3.91. The van der Waals surface area contributed by atoms with Gasteiger partial charge in [-0.25, -0.2) is 4.79 Å². The van der Waals surface area contributed by atoms with Gasteiger partial charge in [-0.15, -0.1) is 0 Å². The third-order valence-corrected chi connectivity index (χ3v) is 8.73. The molecular weight excluding hydrogens is 502 g/mol. The zero-order chi connectivity index (χ0) is 26.9. The Balaban J connectivity index is 1.47. The number of hydrogen-bond acceptors (Lipinski definition) is 6. The summed E-state index contributed by atoms with van der Waals surface area (Å²) in [4.78, 5) is 26.1. The summed E-state index contributed by atoms with van der Waals surface area (Å²) in [7, 11) is 0. The molecular formula is C29H28ClN5O3. The molecule has 8 nitrogen and oxygen atoms in total. The van der Waals surface area contributed by atoms with Crippen molar-refractivity contribution >= 4 is 35.4 Å². The van der Waals surface area contributed by atoms with Gasteiger partial charge >= 0.3 is 5.97 Å². The third-order valence-electron chi connectivity index (χ3n) is 8.25. The lowest BCUT2D eigenvalue weighted by atomic mass is 9.60. The molecule has 1 aliphatic carbocycles. The van der Waals surface area contributed by atoms with Gasteiger partial charge in [-0.2, -0.15) is 5.10 Å². The van der Waals surface area contributed by atoms with E-state index in [1.54, 1.807) is 6.07 Å². The van der Waals surface area contributed by atoms with E-state index in [1.807, 2.05) is 41.6 Å². The Bertz CT molecular complexity index is 1560. The van der Waals surface area contributed by atoms with Gasteiger partial charge in [0.25, 0.3) is 0 Å². The Kier molecular flexibility index (Phi) is 5.50. The Labute approximate surface area is 225 Å². The molecule has 2 aliphatic heterocycles. The van der Waals surface area contributed by atoms with Gasteiger partial charge in [-0.3, -0.25) is 9.48 Å². The number of esters is 1. The van der Waals surface area contributed by atoms with Crippen LogP contribution in [0.2, 0.25) is 5.02 Å². The SMILES string of the molecule is C=CC(=O)N1CC2(CC(n3nc(-c4ccc5c(c4)C(=O)OC5)c(-c4c(Cl)c(C)cc(N)c4C=N)c3C)C2)C1. The molecule has 3 aliphatic rings. The highest BCUT2D eigenvalue weighted by atomic mass is 35.5. The predicted octanol–water partition coefficient (Wildman–Crippen LogP) is 5.09. The quantitative estimate of drug-likeness (QED) is 0.207. The van der Waals surface area contributed by atoms with Crippen molar-refractivity contribution in [3.8, 4) is 22.4 Å². The van der Waals surface area contributed by atoms with Crippen molar-refractivity contribution in [2.24, 2.45) is 5.41 Å². The molecule has 194 valence electrons. The van der Waals surface area contributed by atoms with Gasteiger partial charge in [0.15, 0.2) is 0 Å². The molecule has 0 atom stereocenters. The second-order valence-corrected chi connectivity index (χ2v) is 11.1. The second-order valence-electron chi connectivity index (χ2n) is 10.7. The summed E-state index contributed by atoms with van der Waals surface area (Å²) in [6.07, 6.45) is 4.41. The van der Waals surface area contributed by atoms with Gasteiger partial charge in [0.05, 0.1) is 16.6 Å². The minimum Gasteiger partial charge on any atom is -0.457 e. The summed E-state index contributed by atoms with van der Waals surface area (Å²) in [6.45, 7) is 9.23. The highest BCUT2D eigenvalue weighted by Crippen LogP contribution is 2.55. The van der Waals surface area contributed by atoms with Crippen molar-refractivity contribution in [2.45, 2.75) is 39.3 Å². The molecule has 1 amide bonds. The Morgan fingerprint density at radius 2 is 2.00 bits per heavy atom. The van der Waals surface area contributed by atoms with E-state index in [1.165, 1.54) is 12.3 Å². The van der Waals surface area contributed by atoms with Crippen LogP contribution in [0.15, 0.2) is 36.9 Å². The van der Waals surface area contributed by atoms with Gasteiger partial charge in [-0.05, 0) is 50.5 Å². The smallest absolute Gasteiger partial charge is 0.338 e. The van der Waals surface area contributed by atoms with E-state index in [4.69, 9.17) is 32.6 Å². The lowest BCUT2D eigenvalue weighted by molar-refractivity contribution is -0.149. The van der Waals surface area contributed by atoms with Crippen LogP contribution in [-0.2, 0) is 16.1 Å². The summed E-state index contributed by atoms with van der Waals surface area (Å²) >= 11 is 6.89. The number of aryl methyl sites for hydroxylation is 1. The number of carbonyl (C=O) groups excluding carboxylic acids is 2. The molecule has 2 aromatic carbocycles. The van der Waals surface area contributed by atoms with Crippen molar-refractivity contribution in [3.05, 3.63) is 69.9 Å². The lowest BCUT2D eigenvalue weighted by Crippen LogP contribution is -2.63. The molecule has 38 heavy (non-hydrogen) atoms. The molecule has 3 heterocycles. The van der Waals surface area contributed by atoms with E-state index in [-0.39, 0.29) is 29.9 Å². The number of amides is 1. The predicted molar refractivity (Wildman–Crippen MR) is 146 cm³/mol. The number of ether oxygens (including phenoxy) is 1. The molecule has 1 saturated carbocycles. The summed E-state index contributed by atoms with van der Waals surface area (Å²) in [5.74, 6) is -0.373. The maximum atomic E-state index is 12.3. The number of rotatable bonds is 5. The van der Waals surface area contributed by atoms with E-state index in [0.29, 0.717) is 33.1 Å². The van der Waals surface area contributed by atoms with Crippen molar-refractivity contribution in [3.63, 3.8) is 0 Å². The van der Waals surface area contributed by atoms with Crippen molar-refractivity contribution in [2.75, 3.05) is 18.8 Å². The topological polar surface area (TPSA) is 114 Å². The first-order valence-electron chi connectivity index (χ1n) is 12.6. The number of aromatic nitrogens is 2. The first-order valence-corrected chi connectivity index (χ1v) is 12.9. The zero-order valence-corrected chi connectivity index (χ0v) is 22.1. The average molecular weight is 530 g/mol. The monoisotopic (exact) mass is 529 g/mol. The van der Waals surface area contributed by atoms with Crippen molar-refractivity contribution < 1.29 is 14.3 Å². The minimum absolute atomic E-state index is 0.0279. The van der Waals surface area contributed by atoms with Crippen LogP contribution in [0.5, 0.6) is 0 Å². The number of halogens is 1. The molecule has 1 aromatic heterocycles. The van der Waals surface area contributed by atoms with Crippen molar-refractivity contribution in [1.29, 1.82) is 5.41 Å². The maximum Gasteiger partial charge on any atom is 0.338 e. The summed E-state index contributed by atoms with van der Waals surface area (Å²) < 4.78 is 7.26. The fourth-order valence-corrected chi connectivity index (χ4v) is 6.54. The van der Waals surface area contributed by atoms with Crippen LogP contribution in [0, 0.1) is 24.7 Å². The van der Waals surface area contributed by atoms with Gasteiger partial charge < -0.3 is 20.8 Å². The molecule has 3 aromatic rings. The van der Waals surface area contributed by atoms with Gasteiger partial charge in [-0.1, -0.05) is 30.3 Å². The van der Waals surface area contributed by atoms with Gasteiger partial charge in [0.2, 0.25) is 5.91 Å². The Morgan fingerprint density at radius 1 is 1.26 bits per heavy atom. The van der Waals surface area contributed by atoms with Crippen LogP contribution in [0.3, 0.4) is 0 Å². The van der Waals surface area contributed by atoms with Crippen LogP contribution in [0.25, 0.3) is 22.4 Å². The number of anilines is 1. The van der Waals surface area contributed by atoms with Crippen molar-refractivity contribution in [1.82, 2.24) is 14.7 Å². The number of carbonyl (C=O) groups is 2.